The summed E-state index contributed by atoms with van der Waals surface area (Å²) in [5.41, 5.74) is 7.04. The van der Waals surface area contributed by atoms with Crippen molar-refractivity contribution in [3.63, 3.8) is 0 Å². The molecule has 6 aromatic rings. The number of benzene rings is 4. The van der Waals surface area contributed by atoms with E-state index in [9.17, 15) is 9.59 Å². The zero-order valence-electron chi connectivity index (χ0n) is 39.6. The number of ether oxygens (including phenoxy) is 2. The average molecular weight is 955 g/mol. The number of unbranched alkanes of at least 4 members (excludes halogenated alkanes) is 8. The lowest BCUT2D eigenvalue weighted by Crippen LogP contribution is -2.25. The molecule has 2 aliphatic rings. The van der Waals surface area contributed by atoms with Crippen LogP contribution in [-0.4, -0.2) is 79.2 Å². The lowest BCUT2D eigenvalue weighted by atomic mass is 9.99. The number of halogens is 1. The van der Waals surface area contributed by atoms with Gasteiger partial charge in [-0.25, -0.2) is 0 Å². The van der Waals surface area contributed by atoms with Crippen molar-refractivity contribution in [3.8, 4) is 22.9 Å². The standard InChI is InChI=1S/C53H60ClN9O4S/c1-6-55-49(65)33-46-53-61-59-35(3)63(53)48-28-24-41(67-5)32-44(48)51(57-46)37-19-25-42(26-20-37)68-29-15-13-11-9-7-8-10-12-14-16-39(64)30-45-52-60-58-34(2)62(52)47-27-23-40(66-4)31-43(47)50(56-45)36-17-21-38(54)22-18-36/h17-28,31-32,45-46H,6-16,29-30,33H2,1-5H3,(H,55,65)/t45-,46-/m0/s1. The Morgan fingerprint density at radius 1 is 0.632 bits per heavy atom. The second-order valence-electron chi connectivity index (χ2n) is 17.3. The molecule has 0 saturated carbocycles. The van der Waals surface area contributed by atoms with E-state index in [0.29, 0.717) is 35.4 Å². The molecule has 4 aromatic carbocycles. The average Bonchev–Trinajstić information content (AvgIpc) is 3.85. The van der Waals surface area contributed by atoms with Crippen molar-refractivity contribution in [1.82, 2.24) is 34.8 Å². The number of nitrogens with zero attached hydrogens (tertiary/aromatic N) is 8. The fourth-order valence-corrected chi connectivity index (χ4v) is 10.1. The highest BCUT2D eigenvalue weighted by Gasteiger charge is 2.32. The first kappa shape index (κ1) is 48.3. The number of Topliss-reactive ketones (excluding diaryl/α,β-unsaturated/α-hetero) is 1. The summed E-state index contributed by atoms with van der Waals surface area (Å²) in [6.07, 6.45) is 11.2. The fraction of sp³-hybridized carbons (Fsp3) is 0.396. The summed E-state index contributed by atoms with van der Waals surface area (Å²) in [5.74, 6) is 5.39. The number of hydrogen-bond donors (Lipinski definition) is 1. The van der Waals surface area contributed by atoms with Crippen LogP contribution in [0.2, 0.25) is 5.02 Å². The first-order valence-corrected chi connectivity index (χ1v) is 25.2. The Kier molecular flexibility index (Phi) is 16.2. The van der Waals surface area contributed by atoms with Crippen LogP contribution in [0.15, 0.2) is 99.8 Å². The Bertz CT molecular complexity index is 2780. The number of methoxy groups -OCH3 is 2. The molecule has 0 saturated heterocycles. The number of carbonyl (C=O) groups excluding carboxylic acids is 2. The quantitative estimate of drug-likeness (QED) is 0.0518. The van der Waals surface area contributed by atoms with E-state index in [0.717, 1.165) is 93.9 Å². The molecule has 0 radical (unpaired) electrons. The molecule has 0 fully saturated rings. The first-order valence-electron chi connectivity index (χ1n) is 23.8. The Labute approximate surface area is 408 Å². The monoisotopic (exact) mass is 953 g/mol. The molecule has 13 nitrogen and oxygen atoms in total. The van der Waals surface area contributed by atoms with Gasteiger partial charge in [0.1, 0.15) is 41.0 Å². The molecule has 8 rings (SSSR count). The molecule has 68 heavy (non-hydrogen) atoms. The highest BCUT2D eigenvalue weighted by Crippen LogP contribution is 2.37. The number of aliphatic imine (C=N–C) groups is 2. The van der Waals surface area contributed by atoms with E-state index >= 15 is 0 Å². The molecule has 2 aliphatic heterocycles. The third-order valence-corrected chi connectivity index (χ3v) is 13.9. The van der Waals surface area contributed by atoms with Gasteiger partial charge in [0.25, 0.3) is 0 Å². The van der Waals surface area contributed by atoms with Crippen LogP contribution >= 0.6 is 23.4 Å². The molecule has 0 spiro atoms. The molecule has 1 amide bonds. The second kappa shape index (κ2) is 22.8. The van der Waals surface area contributed by atoms with Crippen LogP contribution in [0.3, 0.4) is 0 Å². The van der Waals surface area contributed by atoms with Crippen molar-refractivity contribution in [2.75, 3.05) is 26.5 Å². The molecule has 354 valence electrons. The topological polar surface area (TPSA) is 151 Å². The number of rotatable bonds is 22. The number of thioether (sulfide) groups is 1. The van der Waals surface area contributed by atoms with Gasteiger partial charge in [-0.3, -0.25) is 28.7 Å². The number of carbonyl (C=O) groups is 2. The van der Waals surface area contributed by atoms with E-state index in [1.165, 1.54) is 37.0 Å². The summed E-state index contributed by atoms with van der Waals surface area (Å²) >= 11 is 8.14. The maximum absolute atomic E-state index is 13.5. The smallest absolute Gasteiger partial charge is 0.222 e. The molecule has 0 bridgehead atoms. The van der Waals surface area contributed by atoms with Gasteiger partial charge in [0.2, 0.25) is 5.91 Å². The number of amides is 1. The zero-order chi connectivity index (χ0) is 47.6. The van der Waals surface area contributed by atoms with Crippen LogP contribution < -0.4 is 14.8 Å². The van der Waals surface area contributed by atoms with Crippen LogP contribution in [-0.2, 0) is 9.59 Å². The van der Waals surface area contributed by atoms with Gasteiger partial charge < -0.3 is 14.8 Å². The molecule has 4 heterocycles. The third-order valence-electron chi connectivity index (χ3n) is 12.6. The zero-order valence-corrected chi connectivity index (χ0v) is 41.2. The van der Waals surface area contributed by atoms with Crippen LogP contribution in [0.5, 0.6) is 11.5 Å². The number of aryl methyl sites for hydroxylation is 2. The van der Waals surface area contributed by atoms with Gasteiger partial charge >= 0.3 is 0 Å². The number of ketones is 1. The lowest BCUT2D eigenvalue weighted by molar-refractivity contribution is -0.121. The van der Waals surface area contributed by atoms with Gasteiger partial charge in [0.05, 0.1) is 43.4 Å². The van der Waals surface area contributed by atoms with Crippen LogP contribution in [0.25, 0.3) is 11.4 Å². The van der Waals surface area contributed by atoms with Crippen molar-refractivity contribution in [2.45, 2.75) is 115 Å². The molecule has 1 N–H and O–H groups in total. The van der Waals surface area contributed by atoms with E-state index in [-0.39, 0.29) is 24.5 Å². The number of hydrogen-bond acceptors (Lipinski definition) is 11. The first-order chi connectivity index (χ1) is 33.1. The van der Waals surface area contributed by atoms with Crippen LogP contribution in [0.4, 0.5) is 0 Å². The molecule has 15 heteroatoms. The summed E-state index contributed by atoms with van der Waals surface area (Å²) in [5, 5.41) is 21.4. The predicted molar refractivity (Wildman–Crippen MR) is 270 cm³/mol. The fourth-order valence-electron chi connectivity index (χ4n) is 9.07. The van der Waals surface area contributed by atoms with Gasteiger partial charge in [0.15, 0.2) is 11.6 Å². The van der Waals surface area contributed by atoms with Crippen LogP contribution in [0, 0.1) is 13.8 Å². The number of nitrogens with one attached hydrogen (secondary N) is 1. The Hall–Kier alpha value is -6.12. The second-order valence-corrected chi connectivity index (χ2v) is 19.0. The summed E-state index contributed by atoms with van der Waals surface area (Å²) in [4.78, 5) is 38.0. The van der Waals surface area contributed by atoms with E-state index in [1.807, 2.05) is 102 Å². The van der Waals surface area contributed by atoms with Gasteiger partial charge in [0, 0.05) is 51.6 Å². The Balaban J connectivity index is 0.770. The Morgan fingerprint density at radius 2 is 1.12 bits per heavy atom. The van der Waals surface area contributed by atoms with E-state index in [2.05, 4.69) is 50.0 Å². The van der Waals surface area contributed by atoms with Gasteiger partial charge in [-0.1, -0.05) is 80.8 Å². The Morgan fingerprint density at radius 3 is 1.63 bits per heavy atom. The predicted octanol–water partition coefficient (Wildman–Crippen LogP) is 11.1. The minimum Gasteiger partial charge on any atom is -0.497 e. The number of aromatic nitrogens is 6. The maximum Gasteiger partial charge on any atom is 0.222 e. The van der Waals surface area contributed by atoms with E-state index in [4.69, 9.17) is 31.1 Å². The third kappa shape index (κ3) is 11.2. The largest absolute Gasteiger partial charge is 0.497 e. The molecule has 2 atom stereocenters. The normalized spacial score (nSPS) is 14.9. The van der Waals surface area contributed by atoms with Crippen molar-refractivity contribution in [3.05, 3.63) is 136 Å². The van der Waals surface area contributed by atoms with E-state index in [1.54, 1.807) is 14.2 Å². The number of fused-ring (bicyclic) bond motifs is 6. The highest BCUT2D eigenvalue weighted by atomic mass is 35.5. The summed E-state index contributed by atoms with van der Waals surface area (Å²) in [6, 6.07) is 27.1. The summed E-state index contributed by atoms with van der Waals surface area (Å²) < 4.78 is 15.3. The van der Waals surface area contributed by atoms with Gasteiger partial charge in [-0.2, -0.15) is 0 Å². The van der Waals surface area contributed by atoms with Crippen molar-refractivity contribution >= 4 is 46.5 Å². The van der Waals surface area contributed by atoms with Gasteiger partial charge in [-0.05, 0) is 100 Å². The van der Waals surface area contributed by atoms with Crippen molar-refractivity contribution < 1.29 is 19.1 Å². The van der Waals surface area contributed by atoms with E-state index < -0.39 is 12.1 Å². The molecule has 2 aromatic heterocycles. The molecular formula is C53H60ClN9O4S. The minimum atomic E-state index is -0.503. The maximum atomic E-state index is 13.5. The highest BCUT2D eigenvalue weighted by molar-refractivity contribution is 7.99. The van der Waals surface area contributed by atoms with Crippen LogP contribution in [0.1, 0.15) is 142 Å². The molecular weight excluding hydrogens is 894 g/mol. The SMILES string of the molecule is CCNC(=O)C[C@@H]1N=C(c2ccc(SCCCCCCCCCCCC(=O)C[C@@H]3N=C(c4ccc(Cl)cc4)c4cc(OC)ccc4-n4c(C)nnc43)cc2)c2cc(OC)ccc2-n2c(C)nnc21. The van der Waals surface area contributed by atoms with Gasteiger partial charge in [-0.15, -0.1) is 32.2 Å². The molecule has 0 aliphatic carbocycles. The van der Waals surface area contributed by atoms with Crippen molar-refractivity contribution in [2.24, 2.45) is 9.98 Å². The summed E-state index contributed by atoms with van der Waals surface area (Å²) in [7, 11) is 3.31. The van der Waals surface area contributed by atoms with Crippen molar-refractivity contribution in [1.29, 1.82) is 0 Å². The minimum absolute atomic E-state index is 0.0787. The summed E-state index contributed by atoms with van der Waals surface area (Å²) in [6.45, 7) is 6.31. The molecule has 0 unspecified atom stereocenters. The lowest BCUT2D eigenvalue weighted by Gasteiger charge is -2.14.